The van der Waals surface area contributed by atoms with Crippen molar-refractivity contribution >= 4 is 11.6 Å². The van der Waals surface area contributed by atoms with Gasteiger partial charge in [0.15, 0.2) is 0 Å². The van der Waals surface area contributed by atoms with Crippen LogP contribution in [0.3, 0.4) is 0 Å². The third-order valence-electron chi connectivity index (χ3n) is 4.83. The first-order valence-electron chi connectivity index (χ1n) is 7.89. The molecule has 2 bridgehead atoms. The molecule has 1 aromatic carbocycles. The van der Waals surface area contributed by atoms with Gasteiger partial charge >= 0.3 is 0 Å². The zero-order valence-corrected chi connectivity index (χ0v) is 13.4. The summed E-state index contributed by atoms with van der Waals surface area (Å²) in [5, 5.41) is 4.22. The van der Waals surface area contributed by atoms with Gasteiger partial charge in [-0.05, 0) is 38.0 Å². The standard InChI is InChI=1S/C17H20ClN3O/c1-11-16(10-21-14-5-6-15(21)9-19-8-14)20-17(22-11)12-3-2-4-13(18)7-12/h2-4,7,14-15,19H,5-6,8-10H2,1H3/t14-,15+. The molecule has 2 fully saturated rings. The van der Waals surface area contributed by atoms with E-state index in [1.165, 1.54) is 12.8 Å². The van der Waals surface area contributed by atoms with Crippen LogP contribution in [-0.2, 0) is 6.54 Å². The van der Waals surface area contributed by atoms with Gasteiger partial charge in [-0.25, -0.2) is 4.98 Å². The molecule has 2 aliphatic rings. The molecule has 4 rings (SSSR count). The first-order valence-corrected chi connectivity index (χ1v) is 8.27. The van der Waals surface area contributed by atoms with Crippen molar-refractivity contribution in [3.63, 3.8) is 0 Å². The summed E-state index contributed by atoms with van der Waals surface area (Å²) in [6.45, 7) is 5.07. The van der Waals surface area contributed by atoms with E-state index in [0.29, 0.717) is 23.0 Å². The number of benzene rings is 1. The Morgan fingerprint density at radius 3 is 2.82 bits per heavy atom. The van der Waals surface area contributed by atoms with Crippen LogP contribution in [0.5, 0.6) is 0 Å². The topological polar surface area (TPSA) is 41.3 Å². The van der Waals surface area contributed by atoms with Crippen LogP contribution in [-0.4, -0.2) is 35.1 Å². The SMILES string of the molecule is Cc1oc(-c2cccc(Cl)c2)nc1CN1[C@@H]2CC[C@H]1CNC2. The largest absolute Gasteiger partial charge is 0.441 e. The molecule has 0 aliphatic carbocycles. The van der Waals surface area contributed by atoms with Crippen LogP contribution < -0.4 is 5.32 Å². The zero-order valence-electron chi connectivity index (χ0n) is 12.7. The molecular formula is C17H20ClN3O. The third kappa shape index (κ3) is 2.56. The molecule has 0 unspecified atom stereocenters. The lowest BCUT2D eigenvalue weighted by Crippen LogP contribution is -2.51. The number of nitrogens with zero attached hydrogens (tertiary/aromatic N) is 2. The molecule has 22 heavy (non-hydrogen) atoms. The van der Waals surface area contributed by atoms with E-state index >= 15 is 0 Å². The van der Waals surface area contributed by atoms with E-state index < -0.39 is 0 Å². The van der Waals surface area contributed by atoms with Crippen molar-refractivity contribution in [2.24, 2.45) is 0 Å². The van der Waals surface area contributed by atoms with Crippen molar-refractivity contribution < 1.29 is 4.42 Å². The lowest BCUT2D eigenvalue weighted by Gasteiger charge is -2.34. The Morgan fingerprint density at radius 2 is 2.09 bits per heavy atom. The van der Waals surface area contributed by atoms with Crippen molar-refractivity contribution in [2.75, 3.05) is 13.1 Å². The van der Waals surface area contributed by atoms with Crippen LogP contribution in [0.4, 0.5) is 0 Å². The number of piperazine rings is 1. The summed E-state index contributed by atoms with van der Waals surface area (Å²) in [6, 6.07) is 8.95. The fourth-order valence-electron chi connectivity index (χ4n) is 3.62. The first kappa shape index (κ1) is 14.2. The monoisotopic (exact) mass is 317 g/mol. The number of oxazole rings is 1. The van der Waals surface area contributed by atoms with Crippen LogP contribution in [0.25, 0.3) is 11.5 Å². The smallest absolute Gasteiger partial charge is 0.226 e. The van der Waals surface area contributed by atoms with Gasteiger partial charge in [-0.15, -0.1) is 0 Å². The maximum absolute atomic E-state index is 6.06. The normalized spacial score (nSPS) is 24.8. The van der Waals surface area contributed by atoms with Gasteiger partial charge in [0.2, 0.25) is 5.89 Å². The van der Waals surface area contributed by atoms with E-state index in [4.69, 9.17) is 21.0 Å². The van der Waals surface area contributed by atoms with Gasteiger partial charge < -0.3 is 9.73 Å². The van der Waals surface area contributed by atoms with Gasteiger partial charge in [0.1, 0.15) is 5.76 Å². The van der Waals surface area contributed by atoms with Crippen LogP contribution in [0.2, 0.25) is 5.02 Å². The first-order chi connectivity index (χ1) is 10.7. The molecule has 2 saturated heterocycles. The van der Waals surface area contributed by atoms with Gasteiger partial charge in [0.25, 0.3) is 0 Å². The molecule has 3 heterocycles. The van der Waals surface area contributed by atoms with E-state index in [-0.39, 0.29) is 0 Å². The van der Waals surface area contributed by atoms with Crippen LogP contribution in [0.15, 0.2) is 28.7 Å². The molecule has 1 N–H and O–H groups in total. The summed E-state index contributed by atoms with van der Waals surface area (Å²) in [4.78, 5) is 7.31. The lowest BCUT2D eigenvalue weighted by atomic mass is 10.2. The van der Waals surface area contributed by atoms with E-state index in [1.54, 1.807) is 0 Å². The highest BCUT2D eigenvalue weighted by Gasteiger charge is 2.37. The van der Waals surface area contributed by atoms with E-state index in [0.717, 1.165) is 36.7 Å². The molecule has 4 nitrogen and oxygen atoms in total. The fourth-order valence-corrected chi connectivity index (χ4v) is 3.81. The molecule has 2 aromatic rings. The summed E-state index contributed by atoms with van der Waals surface area (Å²) >= 11 is 6.06. The zero-order chi connectivity index (χ0) is 15.1. The van der Waals surface area contributed by atoms with Gasteiger partial charge in [-0.2, -0.15) is 0 Å². The molecule has 2 aliphatic heterocycles. The molecule has 2 atom stereocenters. The molecule has 0 amide bonds. The average molecular weight is 318 g/mol. The van der Waals surface area contributed by atoms with E-state index in [9.17, 15) is 0 Å². The Morgan fingerprint density at radius 1 is 1.32 bits per heavy atom. The minimum atomic E-state index is 0.643. The predicted octanol–water partition coefficient (Wildman–Crippen LogP) is 3.24. The Kier molecular flexibility index (Phi) is 3.68. The number of aromatic nitrogens is 1. The number of nitrogens with one attached hydrogen (secondary N) is 1. The summed E-state index contributed by atoms with van der Waals surface area (Å²) in [5.74, 6) is 1.57. The van der Waals surface area contributed by atoms with Gasteiger partial charge in [0, 0.05) is 42.3 Å². The Hall–Kier alpha value is -1.36. The summed E-state index contributed by atoms with van der Waals surface area (Å²) in [6.07, 6.45) is 2.57. The minimum absolute atomic E-state index is 0.643. The molecule has 1 aromatic heterocycles. The number of rotatable bonds is 3. The number of fused-ring (bicyclic) bond motifs is 2. The van der Waals surface area contributed by atoms with Crippen molar-refractivity contribution in [1.82, 2.24) is 15.2 Å². The van der Waals surface area contributed by atoms with Crippen molar-refractivity contribution in [3.05, 3.63) is 40.7 Å². The van der Waals surface area contributed by atoms with Gasteiger partial charge in [-0.3, -0.25) is 4.90 Å². The second-order valence-electron chi connectivity index (χ2n) is 6.25. The average Bonchev–Trinajstić information content (AvgIpc) is 2.96. The quantitative estimate of drug-likeness (QED) is 0.943. The van der Waals surface area contributed by atoms with E-state index in [1.807, 2.05) is 31.2 Å². The Bertz CT molecular complexity index is 668. The third-order valence-corrected chi connectivity index (χ3v) is 5.06. The Labute approximate surface area is 135 Å². The molecule has 0 spiro atoms. The molecular weight excluding hydrogens is 298 g/mol. The molecule has 0 saturated carbocycles. The van der Waals surface area contributed by atoms with Gasteiger partial charge in [0.05, 0.1) is 5.69 Å². The van der Waals surface area contributed by atoms with Crippen LogP contribution in [0.1, 0.15) is 24.3 Å². The van der Waals surface area contributed by atoms with E-state index in [2.05, 4.69) is 10.2 Å². The number of hydrogen-bond acceptors (Lipinski definition) is 4. The minimum Gasteiger partial charge on any atom is -0.441 e. The summed E-state index contributed by atoms with van der Waals surface area (Å²) in [7, 11) is 0. The lowest BCUT2D eigenvalue weighted by molar-refractivity contribution is 0.143. The van der Waals surface area contributed by atoms with Crippen molar-refractivity contribution in [3.8, 4) is 11.5 Å². The highest BCUT2D eigenvalue weighted by atomic mass is 35.5. The molecule has 116 valence electrons. The number of aryl methyl sites for hydroxylation is 1. The highest BCUT2D eigenvalue weighted by molar-refractivity contribution is 6.30. The maximum Gasteiger partial charge on any atom is 0.226 e. The Balaban J connectivity index is 1.58. The summed E-state index contributed by atoms with van der Waals surface area (Å²) in [5.41, 5.74) is 1.99. The van der Waals surface area contributed by atoms with Crippen molar-refractivity contribution in [1.29, 1.82) is 0 Å². The number of halogens is 1. The number of hydrogen-bond donors (Lipinski definition) is 1. The van der Waals surface area contributed by atoms with Gasteiger partial charge in [-0.1, -0.05) is 17.7 Å². The van der Waals surface area contributed by atoms with Crippen LogP contribution in [0, 0.1) is 6.92 Å². The highest BCUT2D eigenvalue weighted by Crippen LogP contribution is 2.30. The molecule has 0 radical (unpaired) electrons. The van der Waals surface area contributed by atoms with Crippen molar-refractivity contribution in [2.45, 2.75) is 38.4 Å². The fraction of sp³-hybridized carbons (Fsp3) is 0.471. The second kappa shape index (κ2) is 5.69. The van der Waals surface area contributed by atoms with Crippen LogP contribution >= 0.6 is 11.6 Å². The molecule has 5 heteroatoms. The second-order valence-corrected chi connectivity index (χ2v) is 6.68. The summed E-state index contributed by atoms with van der Waals surface area (Å²) < 4.78 is 5.88. The maximum atomic E-state index is 6.06. The predicted molar refractivity (Wildman–Crippen MR) is 86.9 cm³/mol.